The zero-order chi connectivity index (χ0) is 58.8. The van der Waals surface area contributed by atoms with Crippen LogP contribution in [0.15, 0.2) is 261 Å². The number of hydrogen-bond acceptors (Lipinski definition) is 3. The van der Waals surface area contributed by atoms with E-state index in [1.165, 1.54) is 77.9 Å². The maximum atomic E-state index is 6.67. The number of benzene rings is 10. The number of nitrogens with zero attached hydrogens (tertiary/aromatic N) is 5. The van der Waals surface area contributed by atoms with Gasteiger partial charge in [-0.1, -0.05) is 196 Å². The maximum Gasteiger partial charge on any atom is 0.242 e. The van der Waals surface area contributed by atoms with Crippen molar-refractivity contribution in [1.29, 1.82) is 0 Å². The monoisotopic (exact) mass is 1320 g/mol. The molecule has 0 bridgehead atoms. The van der Waals surface area contributed by atoms with Gasteiger partial charge in [-0.3, -0.25) is 4.98 Å². The summed E-state index contributed by atoms with van der Waals surface area (Å²) in [6.45, 7) is 9.51. The van der Waals surface area contributed by atoms with Gasteiger partial charge in [0.05, 0.1) is 17.6 Å². The molecule has 0 aliphatic heterocycles. The Labute approximate surface area is 530 Å². The van der Waals surface area contributed by atoms with Gasteiger partial charge in [0.1, 0.15) is 5.82 Å². The third-order valence-electron chi connectivity index (χ3n) is 16.8. The summed E-state index contributed by atoms with van der Waals surface area (Å²) in [5.74, 6) is 1.99. The van der Waals surface area contributed by atoms with E-state index in [0.717, 1.165) is 82.3 Å². The quantitative estimate of drug-likeness (QED) is 0.0550. The van der Waals surface area contributed by atoms with Crippen LogP contribution in [0.1, 0.15) is 56.9 Å². The van der Waals surface area contributed by atoms with Crippen LogP contribution in [0.2, 0.25) is 0 Å². The van der Waals surface area contributed by atoms with Gasteiger partial charge < -0.3 is 18.4 Å². The molecule has 0 unspecified atom stereocenters. The molecule has 0 N–H and O–H groups in total. The van der Waals surface area contributed by atoms with Gasteiger partial charge in [0.2, 0.25) is 6.33 Å². The Kier molecular flexibility index (Phi) is 16.2. The largest absolute Gasteiger partial charge is 0.510 e. The summed E-state index contributed by atoms with van der Waals surface area (Å²) < 4.78 is 13.2. The molecule has 14 rings (SSSR count). The second kappa shape index (κ2) is 24.9. The minimum Gasteiger partial charge on any atom is -0.510 e. The van der Waals surface area contributed by atoms with Crippen LogP contribution in [0.4, 0.5) is 0 Å². The zero-order valence-electron chi connectivity index (χ0n) is 49.8. The molecule has 0 aliphatic rings. The van der Waals surface area contributed by atoms with Crippen molar-refractivity contribution in [2.24, 2.45) is 0 Å². The molecule has 0 saturated carbocycles. The van der Waals surface area contributed by atoms with Crippen molar-refractivity contribution in [1.82, 2.24) is 19.1 Å². The first-order valence-corrected chi connectivity index (χ1v) is 30.2. The topological polar surface area (TPSA) is 48.8 Å². The number of aryl methyl sites for hydroxylation is 2. The van der Waals surface area contributed by atoms with Crippen LogP contribution in [0, 0.1) is 25.4 Å². The molecule has 0 amide bonds. The standard InChI is InChI=1S/C81H65N5O.Pt/c1-56-44-78-75(54-83-56)74-40-39-70(53-79(74)86(78)80-51-67(41-42-82-80)81(2,3)4)87-69-33-22-32-68(52-69)85-55-84(76-37-19-20-38-77(76)85)43-21-9-18-34-73-71(65-47-61(57-24-10-5-11-25-57)45-62(48-65)58-26-12-6-13-27-58)35-23-36-72(73)66-49-63(59-28-14-7-15-29-59)46-64(50-66)60-30-16-8-17-31-60;/h5-8,10-17,19-20,22-33,35-42,44-51,54H,9,18,21,34,43H2,1-4H3;/q-2;. The molecule has 0 saturated heterocycles. The normalized spacial score (nSPS) is 11.5. The van der Waals surface area contributed by atoms with Gasteiger partial charge in [-0.05, 0) is 176 Å². The number of aromatic nitrogens is 5. The van der Waals surface area contributed by atoms with Crippen LogP contribution in [0.25, 0.3) is 111 Å². The Hall–Kier alpha value is -9.74. The fourth-order valence-corrected chi connectivity index (χ4v) is 12.3. The predicted molar refractivity (Wildman–Crippen MR) is 356 cm³/mol. The predicted octanol–water partition coefficient (Wildman–Crippen LogP) is 20.0. The van der Waals surface area contributed by atoms with E-state index in [9.17, 15) is 0 Å². The minimum atomic E-state index is -0.0491. The van der Waals surface area contributed by atoms with Crippen LogP contribution in [0.5, 0.6) is 11.5 Å². The number of rotatable bonds is 16. The van der Waals surface area contributed by atoms with Crippen molar-refractivity contribution in [3.8, 4) is 89.8 Å². The van der Waals surface area contributed by atoms with E-state index in [1.807, 2.05) is 37.5 Å². The molecule has 6 nitrogen and oxygen atoms in total. The van der Waals surface area contributed by atoms with Crippen LogP contribution in [-0.2, 0) is 39.4 Å². The van der Waals surface area contributed by atoms with Crippen molar-refractivity contribution >= 4 is 32.8 Å². The first-order chi connectivity index (χ1) is 42.6. The van der Waals surface area contributed by atoms with Crippen molar-refractivity contribution in [3.05, 3.63) is 296 Å². The summed E-state index contributed by atoms with van der Waals surface area (Å²) >= 11 is 0. The van der Waals surface area contributed by atoms with Crippen molar-refractivity contribution < 1.29 is 30.4 Å². The van der Waals surface area contributed by atoms with Gasteiger partial charge in [0, 0.05) is 56.2 Å². The Morgan fingerprint density at radius 3 is 1.60 bits per heavy atom. The molecule has 88 heavy (non-hydrogen) atoms. The molecule has 4 heterocycles. The number of para-hydroxylation sites is 2. The molecule has 432 valence electrons. The number of unbranched alkanes of at least 4 members (excludes halogenated alkanes) is 2. The van der Waals surface area contributed by atoms with Crippen LogP contribution in [0.3, 0.4) is 0 Å². The van der Waals surface area contributed by atoms with Gasteiger partial charge >= 0.3 is 0 Å². The smallest absolute Gasteiger partial charge is 0.242 e. The van der Waals surface area contributed by atoms with Crippen LogP contribution >= 0.6 is 0 Å². The summed E-state index contributed by atoms with van der Waals surface area (Å²) in [5, 5.41) is 2.07. The molecule has 0 radical (unpaired) electrons. The van der Waals surface area contributed by atoms with Gasteiger partial charge in [-0.15, -0.1) is 29.7 Å². The second-order valence-corrected chi connectivity index (χ2v) is 23.7. The average Bonchev–Trinajstić information content (AvgIpc) is 1.74. The van der Waals surface area contributed by atoms with E-state index in [-0.39, 0.29) is 26.5 Å². The Morgan fingerprint density at radius 1 is 0.466 bits per heavy atom. The average molecular weight is 1320 g/mol. The summed E-state index contributed by atoms with van der Waals surface area (Å²) in [6.07, 6.45) is 11.5. The van der Waals surface area contributed by atoms with E-state index in [1.54, 1.807) is 0 Å². The van der Waals surface area contributed by atoms with Gasteiger partial charge in [-0.2, -0.15) is 18.2 Å². The van der Waals surface area contributed by atoms with Gasteiger partial charge in [0.15, 0.2) is 0 Å². The third-order valence-corrected chi connectivity index (χ3v) is 16.8. The van der Waals surface area contributed by atoms with Gasteiger partial charge in [-0.25, -0.2) is 4.98 Å². The number of pyridine rings is 2. The molecular formula is C81H65N5OPt-2. The summed E-state index contributed by atoms with van der Waals surface area (Å²) in [6, 6.07) is 96.7. The van der Waals surface area contributed by atoms with Crippen molar-refractivity contribution in [3.63, 3.8) is 0 Å². The molecule has 14 aromatic rings. The van der Waals surface area contributed by atoms with E-state index >= 15 is 0 Å². The molecule has 0 atom stereocenters. The van der Waals surface area contributed by atoms with E-state index in [4.69, 9.17) is 9.72 Å². The zero-order valence-corrected chi connectivity index (χ0v) is 52.1. The third kappa shape index (κ3) is 11.8. The minimum absolute atomic E-state index is 0. The molecule has 7 heteroatoms. The first-order valence-electron chi connectivity index (χ1n) is 30.2. The summed E-state index contributed by atoms with van der Waals surface area (Å²) in [7, 11) is 0. The number of imidazole rings is 1. The summed E-state index contributed by atoms with van der Waals surface area (Å²) in [4.78, 5) is 9.57. The number of hydrogen-bond donors (Lipinski definition) is 0. The van der Waals surface area contributed by atoms with Crippen molar-refractivity contribution in [2.45, 2.75) is 65.3 Å². The van der Waals surface area contributed by atoms with Gasteiger partial charge in [0.25, 0.3) is 0 Å². The fraction of sp³-hybridized carbons (Fsp3) is 0.123. The number of ether oxygens (including phenoxy) is 1. The Bertz CT molecular complexity index is 4530. The molecule has 0 fully saturated rings. The first kappa shape index (κ1) is 57.3. The molecule has 4 aromatic heterocycles. The number of fused-ring (bicyclic) bond motifs is 4. The molecule has 10 aromatic carbocycles. The summed E-state index contributed by atoms with van der Waals surface area (Å²) in [5.41, 5.74) is 22.9. The second-order valence-electron chi connectivity index (χ2n) is 23.7. The van der Waals surface area contributed by atoms with Crippen LogP contribution < -0.4 is 9.30 Å². The fourth-order valence-electron chi connectivity index (χ4n) is 12.3. The molecule has 0 aliphatic carbocycles. The Balaban J connectivity index is 0.00000714. The van der Waals surface area contributed by atoms with E-state index in [2.05, 4.69) is 288 Å². The maximum absolute atomic E-state index is 6.67. The SMILES string of the molecule is Cc1cc2c(cn1)c1ccc(Oc3[c-]c(-n4[c-][n+](CCCCCc5c(-c6cc(-c7ccccc7)cc(-c7ccccc7)c6)cccc5-c5cc(-c6ccccc6)cc(-c6ccccc6)c5)c5ccccc54)ccc3)[c-]c1n2-c1cc(C(C)(C)C)ccn1.[Pt]. The van der Waals surface area contributed by atoms with E-state index in [0.29, 0.717) is 11.5 Å². The molecular weight excluding hydrogens is 1250 g/mol. The van der Waals surface area contributed by atoms with E-state index < -0.39 is 0 Å². The molecule has 0 spiro atoms. The Morgan fingerprint density at radius 2 is 1.01 bits per heavy atom. The van der Waals surface area contributed by atoms with Crippen molar-refractivity contribution in [2.75, 3.05) is 0 Å². The van der Waals surface area contributed by atoms with Crippen LogP contribution in [-0.4, -0.2) is 19.1 Å².